The summed E-state index contributed by atoms with van der Waals surface area (Å²) >= 11 is 12.1. The number of fused-ring (bicyclic) bond motifs is 1. The lowest BCUT2D eigenvalue weighted by atomic mass is 10.0. The minimum Gasteiger partial charge on any atom is -0.348 e. The Morgan fingerprint density at radius 3 is 2.72 bits per heavy atom. The van der Waals surface area contributed by atoms with Crippen LogP contribution in [0.5, 0.6) is 0 Å². The number of allylic oxidation sites excluding steroid dienone is 3. The Bertz CT molecular complexity index is 912. The van der Waals surface area contributed by atoms with Crippen LogP contribution in [0.4, 0.5) is 0 Å². The van der Waals surface area contributed by atoms with Gasteiger partial charge in [0.15, 0.2) is 0 Å². The number of hydrogen-bond acceptors (Lipinski definition) is 2. The predicted molar refractivity (Wildman–Crippen MR) is 101 cm³/mol. The second kappa shape index (κ2) is 7.72. The summed E-state index contributed by atoms with van der Waals surface area (Å²) in [5.74, 6) is -0.443. The van der Waals surface area contributed by atoms with Crippen molar-refractivity contribution in [1.82, 2.24) is 10.3 Å². The molecule has 6 heteroatoms. The number of aryl methyl sites for hydroxylation is 1. The molecule has 0 spiro atoms. The lowest BCUT2D eigenvalue weighted by Gasteiger charge is -2.12. The Morgan fingerprint density at radius 1 is 1.20 bits per heavy atom. The van der Waals surface area contributed by atoms with Crippen molar-refractivity contribution in [2.45, 2.75) is 19.4 Å². The fraction of sp³-hybridized carbons (Fsp3) is 0.158. The molecule has 1 aromatic carbocycles. The van der Waals surface area contributed by atoms with E-state index in [9.17, 15) is 9.59 Å². The van der Waals surface area contributed by atoms with Crippen LogP contribution >= 0.6 is 23.2 Å². The monoisotopic (exact) mass is 374 g/mol. The fourth-order valence-corrected chi connectivity index (χ4v) is 2.96. The number of rotatable bonds is 3. The van der Waals surface area contributed by atoms with Gasteiger partial charge >= 0.3 is 0 Å². The van der Waals surface area contributed by atoms with E-state index in [1.807, 2.05) is 24.3 Å². The van der Waals surface area contributed by atoms with Crippen LogP contribution in [0, 0.1) is 0 Å². The molecule has 0 fully saturated rings. The van der Waals surface area contributed by atoms with E-state index in [2.05, 4.69) is 10.3 Å². The van der Waals surface area contributed by atoms with Crippen molar-refractivity contribution >= 4 is 34.1 Å². The molecule has 25 heavy (non-hydrogen) atoms. The minimum absolute atomic E-state index is 0.0452. The van der Waals surface area contributed by atoms with Crippen molar-refractivity contribution in [2.24, 2.45) is 0 Å². The molecule has 1 amide bonds. The van der Waals surface area contributed by atoms with E-state index in [0.29, 0.717) is 28.6 Å². The summed E-state index contributed by atoms with van der Waals surface area (Å²) in [6, 6.07) is 8.70. The van der Waals surface area contributed by atoms with E-state index in [0.717, 1.165) is 17.7 Å². The van der Waals surface area contributed by atoms with E-state index in [1.54, 1.807) is 24.3 Å². The van der Waals surface area contributed by atoms with Crippen molar-refractivity contribution in [2.75, 3.05) is 0 Å². The summed E-state index contributed by atoms with van der Waals surface area (Å²) in [7, 11) is 0. The second-order valence-electron chi connectivity index (χ2n) is 5.69. The number of amides is 1. The third kappa shape index (κ3) is 4.21. The van der Waals surface area contributed by atoms with Crippen molar-refractivity contribution in [3.05, 3.63) is 86.3 Å². The van der Waals surface area contributed by atoms with Crippen molar-refractivity contribution < 1.29 is 4.79 Å². The molecule has 2 aromatic rings. The van der Waals surface area contributed by atoms with Crippen molar-refractivity contribution in [3.8, 4) is 0 Å². The Morgan fingerprint density at radius 2 is 1.96 bits per heavy atom. The van der Waals surface area contributed by atoms with Gasteiger partial charge in [-0.05, 0) is 42.7 Å². The van der Waals surface area contributed by atoms with Crippen LogP contribution in [-0.2, 0) is 13.0 Å². The molecule has 1 aromatic heterocycles. The van der Waals surface area contributed by atoms with Gasteiger partial charge in [-0.15, -0.1) is 0 Å². The summed E-state index contributed by atoms with van der Waals surface area (Å²) in [5, 5.41) is 3.87. The number of pyridine rings is 1. The summed E-state index contributed by atoms with van der Waals surface area (Å²) in [6.45, 7) is 0.304. The highest BCUT2D eigenvalue weighted by atomic mass is 35.5. The van der Waals surface area contributed by atoms with Gasteiger partial charge < -0.3 is 10.3 Å². The summed E-state index contributed by atoms with van der Waals surface area (Å²) < 4.78 is 0. The highest BCUT2D eigenvalue weighted by Crippen LogP contribution is 2.24. The molecule has 0 aliphatic heterocycles. The number of nitrogens with one attached hydrogen (secondary N) is 2. The predicted octanol–water partition coefficient (Wildman–Crippen LogP) is 4.04. The van der Waals surface area contributed by atoms with Crippen LogP contribution < -0.4 is 10.9 Å². The molecular weight excluding hydrogens is 359 g/mol. The maximum absolute atomic E-state index is 12.4. The normalized spacial score (nSPS) is 13.4. The van der Waals surface area contributed by atoms with Crippen LogP contribution in [0.2, 0.25) is 5.02 Å². The molecule has 128 valence electrons. The third-order valence-corrected chi connectivity index (χ3v) is 4.51. The first-order chi connectivity index (χ1) is 12.0. The van der Waals surface area contributed by atoms with Gasteiger partial charge in [0.2, 0.25) is 0 Å². The quantitative estimate of drug-likeness (QED) is 0.851. The summed E-state index contributed by atoms with van der Waals surface area (Å²) in [4.78, 5) is 27.5. The van der Waals surface area contributed by atoms with Crippen molar-refractivity contribution in [1.29, 1.82) is 0 Å². The lowest BCUT2D eigenvalue weighted by molar-refractivity contribution is 0.0949. The van der Waals surface area contributed by atoms with Gasteiger partial charge in [-0.2, -0.15) is 0 Å². The van der Waals surface area contributed by atoms with Gasteiger partial charge in [-0.1, -0.05) is 47.5 Å². The Balaban J connectivity index is 1.84. The molecule has 0 atom stereocenters. The number of H-pyrrole nitrogens is 1. The Labute approximate surface area is 155 Å². The van der Waals surface area contributed by atoms with Gasteiger partial charge in [0, 0.05) is 27.9 Å². The van der Waals surface area contributed by atoms with Gasteiger partial charge in [0.05, 0.1) is 0 Å². The summed E-state index contributed by atoms with van der Waals surface area (Å²) in [5.41, 5.74) is 1.95. The van der Waals surface area contributed by atoms with Crippen LogP contribution in [-0.4, -0.2) is 10.9 Å². The SMILES string of the molecule is O=C(NCc1ccc(Cl)cc1)c1cc2c([nH]c1=O)CCC=CC=C2Cl. The van der Waals surface area contributed by atoms with Crippen LogP contribution in [0.3, 0.4) is 0 Å². The number of benzene rings is 1. The van der Waals surface area contributed by atoms with E-state index in [1.165, 1.54) is 0 Å². The second-order valence-corrected chi connectivity index (χ2v) is 6.54. The average molecular weight is 375 g/mol. The van der Waals surface area contributed by atoms with Gasteiger partial charge in [0.1, 0.15) is 5.56 Å². The van der Waals surface area contributed by atoms with Crippen LogP contribution in [0.25, 0.3) is 5.03 Å². The van der Waals surface area contributed by atoms with E-state index in [-0.39, 0.29) is 5.56 Å². The number of hydrogen-bond donors (Lipinski definition) is 2. The zero-order valence-electron chi connectivity index (χ0n) is 13.3. The molecule has 1 aliphatic carbocycles. The highest BCUT2D eigenvalue weighted by molar-refractivity contribution is 6.49. The number of halogens is 2. The zero-order valence-corrected chi connectivity index (χ0v) is 14.8. The first-order valence-electron chi connectivity index (χ1n) is 7.86. The molecular formula is C19H16Cl2N2O2. The highest BCUT2D eigenvalue weighted by Gasteiger charge is 2.16. The first-order valence-corrected chi connectivity index (χ1v) is 8.62. The summed E-state index contributed by atoms with van der Waals surface area (Å²) in [6.07, 6.45) is 7.07. The fourth-order valence-electron chi connectivity index (χ4n) is 2.59. The molecule has 2 N–H and O–H groups in total. The van der Waals surface area contributed by atoms with E-state index < -0.39 is 11.5 Å². The largest absolute Gasteiger partial charge is 0.348 e. The van der Waals surface area contributed by atoms with E-state index in [4.69, 9.17) is 23.2 Å². The minimum atomic E-state index is -0.443. The maximum Gasteiger partial charge on any atom is 0.261 e. The molecule has 0 saturated heterocycles. The molecule has 3 rings (SSSR count). The maximum atomic E-state index is 12.4. The molecule has 0 bridgehead atoms. The number of carbonyl (C=O) groups excluding carboxylic acids is 1. The molecule has 1 heterocycles. The molecule has 0 saturated carbocycles. The van der Waals surface area contributed by atoms with Gasteiger partial charge in [-0.25, -0.2) is 0 Å². The lowest BCUT2D eigenvalue weighted by Crippen LogP contribution is -2.30. The molecule has 0 radical (unpaired) electrons. The number of carbonyl (C=O) groups is 1. The van der Waals surface area contributed by atoms with Crippen molar-refractivity contribution in [3.63, 3.8) is 0 Å². The van der Waals surface area contributed by atoms with Crippen LogP contribution in [0.15, 0.2) is 53.4 Å². The molecule has 1 aliphatic rings. The zero-order chi connectivity index (χ0) is 17.8. The molecule has 0 unspecified atom stereocenters. The average Bonchev–Trinajstić information content (AvgIpc) is 2.59. The first kappa shape index (κ1) is 17.5. The third-order valence-electron chi connectivity index (χ3n) is 3.93. The Hall–Kier alpha value is -2.30. The van der Waals surface area contributed by atoms with Crippen LogP contribution in [0.1, 0.15) is 33.6 Å². The Kier molecular flexibility index (Phi) is 5.41. The number of aromatic amines is 1. The number of aromatic nitrogens is 1. The van der Waals surface area contributed by atoms with Gasteiger partial charge in [-0.3, -0.25) is 9.59 Å². The molecule has 4 nitrogen and oxygen atoms in total. The van der Waals surface area contributed by atoms with E-state index >= 15 is 0 Å². The topological polar surface area (TPSA) is 62.0 Å². The van der Waals surface area contributed by atoms with Gasteiger partial charge in [0.25, 0.3) is 11.5 Å². The standard InChI is InChI=1S/C19H16Cl2N2O2/c20-13-8-6-12(7-9-13)11-22-18(24)15-10-14-16(21)4-2-1-3-5-17(14)23-19(15)25/h1-2,4,6-10H,3,5,11H2,(H,22,24)(H,23,25). The smallest absolute Gasteiger partial charge is 0.261 e.